The molecule has 0 heterocycles. The first-order chi connectivity index (χ1) is 21.3. The van der Waals surface area contributed by atoms with Gasteiger partial charge in [-0.25, -0.2) is 0 Å². The van der Waals surface area contributed by atoms with Gasteiger partial charge in [-0.2, -0.15) is 0 Å². The van der Waals surface area contributed by atoms with Crippen molar-refractivity contribution < 1.29 is 0 Å². The van der Waals surface area contributed by atoms with E-state index in [9.17, 15) is 0 Å². The zero-order valence-electron chi connectivity index (χ0n) is 27.9. The van der Waals surface area contributed by atoms with E-state index in [-0.39, 0.29) is 0 Å². The second-order valence-corrected chi connectivity index (χ2v) is 14.3. The van der Waals surface area contributed by atoms with E-state index in [1.807, 2.05) is 0 Å². The van der Waals surface area contributed by atoms with Crippen molar-refractivity contribution in [3.8, 4) is 11.1 Å². The van der Waals surface area contributed by atoms with Gasteiger partial charge in [0.15, 0.2) is 0 Å². The van der Waals surface area contributed by atoms with Crippen molar-refractivity contribution in [2.75, 3.05) is 9.80 Å². The molecule has 0 amide bonds. The number of hydrogen-bond acceptors (Lipinski definition) is 2. The molecule has 0 aliphatic heterocycles. The quantitative estimate of drug-likeness (QED) is 0.213. The summed E-state index contributed by atoms with van der Waals surface area (Å²) in [7, 11) is 0. The molecule has 4 aromatic rings. The van der Waals surface area contributed by atoms with Gasteiger partial charge >= 0.3 is 0 Å². The third-order valence-corrected chi connectivity index (χ3v) is 10.4. The van der Waals surface area contributed by atoms with Crippen molar-refractivity contribution in [3.05, 3.63) is 107 Å². The monoisotopic (exact) mass is 584 g/mol. The van der Waals surface area contributed by atoms with Crippen molar-refractivity contribution in [1.82, 2.24) is 0 Å². The third kappa shape index (κ3) is 6.60. The van der Waals surface area contributed by atoms with Gasteiger partial charge in [0.2, 0.25) is 0 Å². The van der Waals surface area contributed by atoms with Crippen LogP contribution in [0, 0.1) is 39.5 Å². The van der Waals surface area contributed by atoms with Crippen LogP contribution >= 0.6 is 0 Å². The van der Waals surface area contributed by atoms with E-state index in [4.69, 9.17) is 0 Å². The molecular weight excluding hydrogens is 532 g/mol. The Kier molecular flexibility index (Phi) is 9.17. The van der Waals surface area contributed by atoms with Crippen LogP contribution in [0.3, 0.4) is 0 Å². The molecule has 0 bridgehead atoms. The van der Waals surface area contributed by atoms with Crippen molar-refractivity contribution in [2.24, 2.45) is 11.8 Å². The Morgan fingerprint density at radius 1 is 0.523 bits per heavy atom. The minimum Gasteiger partial charge on any atom is -0.365 e. The van der Waals surface area contributed by atoms with Gasteiger partial charge in [0.1, 0.15) is 0 Å². The first-order valence-electron chi connectivity index (χ1n) is 17.2. The van der Waals surface area contributed by atoms with Gasteiger partial charge in [-0.15, -0.1) is 0 Å². The summed E-state index contributed by atoms with van der Waals surface area (Å²) >= 11 is 0. The van der Waals surface area contributed by atoms with Crippen LogP contribution in [-0.2, 0) is 0 Å². The minimum atomic E-state index is 0.675. The van der Waals surface area contributed by atoms with Gasteiger partial charge in [-0.3, -0.25) is 0 Å². The smallest absolute Gasteiger partial charge is 0.0491 e. The molecule has 2 fully saturated rings. The molecule has 2 heteroatoms. The highest BCUT2D eigenvalue weighted by Crippen LogP contribution is 2.41. The Hall–Kier alpha value is -3.52. The van der Waals surface area contributed by atoms with Crippen LogP contribution < -0.4 is 9.80 Å². The van der Waals surface area contributed by atoms with Gasteiger partial charge in [0.25, 0.3) is 0 Å². The lowest BCUT2D eigenvalue weighted by Gasteiger charge is -2.46. The first kappa shape index (κ1) is 30.5. The molecule has 2 nitrogen and oxygen atoms in total. The predicted molar refractivity (Wildman–Crippen MR) is 191 cm³/mol. The molecule has 0 radical (unpaired) electrons. The largest absolute Gasteiger partial charge is 0.365 e. The molecule has 4 aromatic carbocycles. The van der Waals surface area contributed by atoms with Crippen molar-refractivity contribution in [2.45, 2.75) is 105 Å². The Morgan fingerprint density at radius 2 is 1.00 bits per heavy atom. The van der Waals surface area contributed by atoms with Crippen LogP contribution in [0.1, 0.15) is 87.5 Å². The Labute approximate surface area is 267 Å². The van der Waals surface area contributed by atoms with E-state index in [2.05, 4.69) is 136 Å². The Morgan fingerprint density at radius 3 is 1.43 bits per heavy atom. The van der Waals surface area contributed by atoms with E-state index >= 15 is 0 Å². The molecule has 44 heavy (non-hydrogen) atoms. The normalized spacial score (nSPS) is 22.0. The van der Waals surface area contributed by atoms with Crippen LogP contribution in [0.15, 0.2) is 84.9 Å². The lowest BCUT2D eigenvalue weighted by Crippen LogP contribution is -2.47. The van der Waals surface area contributed by atoms with Crippen LogP contribution in [-0.4, -0.2) is 12.1 Å². The van der Waals surface area contributed by atoms with Crippen LogP contribution in [0.25, 0.3) is 11.1 Å². The van der Waals surface area contributed by atoms with Crippen molar-refractivity contribution >= 4 is 22.7 Å². The molecular formula is C42H52N2. The molecule has 4 atom stereocenters. The van der Waals surface area contributed by atoms with Gasteiger partial charge < -0.3 is 9.80 Å². The van der Waals surface area contributed by atoms with Crippen molar-refractivity contribution in [1.29, 1.82) is 0 Å². The lowest BCUT2D eigenvalue weighted by molar-refractivity contribution is 0.269. The molecule has 0 aromatic heterocycles. The zero-order valence-corrected chi connectivity index (χ0v) is 27.9. The molecule has 0 saturated heterocycles. The first-order valence-corrected chi connectivity index (χ1v) is 17.2. The fourth-order valence-corrected chi connectivity index (χ4v) is 8.17. The summed E-state index contributed by atoms with van der Waals surface area (Å²) in [6.45, 7) is 13.9. The average molecular weight is 585 g/mol. The highest BCUT2D eigenvalue weighted by molar-refractivity contribution is 5.81. The maximum atomic E-state index is 2.90. The Bertz CT molecular complexity index is 1520. The minimum absolute atomic E-state index is 0.675. The van der Waals surface area contributed by atoms with E-state index in [1.165, 1.54) is 107 Å². The summed E-state index contributed by atoms with van der Waals surface area (Å²) in [5, 5.41) is 0. The number of benzene rings is 4. The average Bonchev–Trinajstić information content (AvgIpc) is 2.99. The Balaban J connectivity index is 1.34. The fraction of sp³-hybridized carbons (Fsp3) is 0.429. The number of nitrogens with zero attached hydrogens (tertiary/aromatic N) is 2. The maximum Gasteiger partial charge on any atom is 0.0491 e. The molecule has 0 spiro atoms. The van der Waals surface area contributed by atoms with E-state index in [1.54, 1.807) is 0 Å². The summed E-state index contributed by atoms with van der Waals surface area (Å²) in [4.78, 5) is 5.31. The van der Waals surface area contributed by atoms with Crippen LogP contribution in [0.5, 0.6) is 0 Å². The van der Waals surface area contributed by atoms with Crippen molar-refractivity contribution in [3.63, 3.8) is 0 Å². The van der Waals surface area contributed by atoms with Crippen LogP contribution in [0.4, 0.5) is 22.7 Å². The van der Waals surface area contributed by atoms with E-state index < -0.39 is 0 Å². The molecule has 0 N–H and O–H groups in total. The maximum absolute atomic E-state index is 2.90. The number of anilines is 4. The zero-order chi connectivity index (χ0) is 30.8. The van der Waals surface area contributed by atoms with Gasteiger partial charge in [-0.05, 0) is 147 Å². The highest BCUT2D eigenvalue weighted by Gasteiger charge is 2.33. The lowest BCUT2D eigenvalue weighted by atomic mass is 9.81. The van der Waals surface area contributed by atoms with Gasteiger partial charge in [0, 0.05) is 34.8 Å². The highest BCUT2D eigenvalue weighted by atomic mass is 15.2. The van der Waals surface area contributed by atoms with Gasteiger partial charge in [0.05, 0.1) is 0 Å². The van der Waals surface area contributed by atoms with Gasteiger partial charge in [-0.1, -0.05) is 75.9 Å². The summed E-state index contributed by atoms with van der Waals surface area (Å²) < 4.78 is 0. The molecule has 6 rings (SSSR count). The topological polar surface area (TPSA) is 6.48 Å². The predicted octanol–water partition coefficient (Wildman–Crippen LogP) is 12.0. The molecule has 2 aliphatic rings. The number of hydrogen-bond donors (Lipinski definition) is 0. The standard InChI is InChI=1S/C42H52N2/c1-29-11-7-15-37(23-29)43(38-16-8-12-30(2)24-38)41-21-19-35(27-33(41)5)36-20-22-42(34(6)28-36)44(39-17-9-13-31(3)25-39)40-18-10-14-32(4)26-40/h7-8,11-12,15-16,19-24,27-28,31-32,39-40H,9-10,13-14,17-18,25-26H2,1-6H3. The van der Waals surface area contributed by atoms with E-state index in [0.29, 0.717) is 12.1 Å². The molecule has 2 aliphatic carbocycles. The fourth-order valence-electron chi connectivity index (χ4n) is 8.17. The summed E-state index contributed by atoms with van der Waals surface area (Å²) in [6.07, 6.45) is 10.9. The second-order valence-electron chi connectivity index (χ2n) is 14.3. The molecule has 4 unspecified atom stereocenters. The second kappa shape index (κ2) is 13.2. The van der Waals surface area contributed by atoms with E-state index in [0.717, 1.165) is 11.8 Å². The molecule has 230 valence electrons. The molecule has 2 saturated carbocycles. The number of aryl methyl sites for hydroxylation is 4. The summed E-state index contributed by atoms with van der Waals surface area (Å²) in [6, 6.07) is 33.3. The van der Waals surface area contributed by atoms with Crippen LogP contribution in [0.2, 0.25) is 0 Å². The summed E-state index contributed by atoms with van der Waals surface area (Å²) in [5.74, 6) is 1.66. The number of rotatable bonds is 7. The SMILES string of the molecule is Cc1cccc(N(c2cccc(C)c2)c2ccc(-c3ccc(N(C4CCCC(C)C4)C4CCCC(C)C4)c(C)c3)cc2C)c1. The summed E-state index contributed by atoms with van der Waals surface area (Å²) in [5.41, 5.74) is 12.9. The third-order valence-electron chi connectivity index (χ3n) is 10.4.